The number of aromatic nitrogens is 2. The second kappa shape index (κ2) is 8.04. The lowest BCUT2D eigenvalue weighted by molar-refractivity contribution is 0.0922. The van der Waals surface area contributed by atoms with Gasteiger partial charge in [-0.2, -0.15) is 0 Å². The summed E-state index contributed by atoms with van der Waals surface area (Å²) in [6.45, 7) is 1.79. The van der Waals surface area contributed by atoms with E-state index >= 15 is 0 Å². The van der Waals surface area contributed by atoms with Crippen molar-refractivity contribution in [1.29, 1.82) is 0 Å². The van der Waals surface area contributed by atoms with Crippen LogP contribution in [0.3, 0.4) is 0 Å². The number of hydrogen-bond acceptors (Lipinski definition) is 4. The molecule has 3 N–H and O–H groups in total. The van der Waals surface area contributed by atoms with Crippen molar-refractivity contribution in [2.75, 3.05) is 6.61 Å². The molecule has 27 heavy (non-hydrogen) atoms. The maximum atomic E-state index is 12.9. The number of halogens is 1. The fraction of sp³-hybridized carbons (Fsp3) is 0.211. The first-order valence-electron chi connectivity index (χ1n) is 8.32. The molecule has 1 amide bonds. The molecule has 0 spiro atoms. The summed E-state index contributed by atoms with van der Waals surface area (Å²) in [4.78, 5) is 28.1. The van der Waals surface area contributed by atoms with Crippen LogP contribution >= 0.6 is 23.8 Å². The number of aromatic amines is 1. The van der Waals surface area contributed by atoms with Crippen LogP contribution < -0.4 is 10.9 Å². The molecular formula is C19H18ClN3O3S. The summed E-state index contributed by atoms with van der Waals surface area (Å²) in [7, 11) is 0. The van der Waals surface area contributed by atoms with E-state index in [9.17, 15) is 9.59 Å². The van der Waals surface area contributed by atoms with Crippen molar-refractivity contribution in [1.82, 2.24) is 14.9 Å². The summed E-state index contributed by atoms with van der Waals surface area (Å²) in [5.41, 5.74) is 1.37. The molecule has 0 aliphatic carbocycles. The van der Waals surface area contributed by atoms with E-state index in [4.69, 9.17) is 28.9 Å². The second-order valence-corrected chi connectivity index (χ2v) is 7.02. The van der Waals surface area contributed by atoms with Crippen molar-refractivity contribution < 1.29 is 9.90 Å². The van der Waals surface area contributed by atoms with E-state index in [2.05, 4.69) is 10.3 Å². The number of carbonyl (C=O) groups is 1. The van der Waals surface area contributed by atoms with Gasteiger partial charge in [0.05, 0.1) is 24.1 Å². The summed E-state index contributed by atoms with van der Waals surface area (Å²) < 4.78 is 1.68. The number of carbonyl (C=O) groups excluding carboxylic acids is 1. The molecule has 0 radical (unpaired) electrons. The Kier molecular flexibility index (Phi) is 5.74. The Morgan fingerprint density at radius 1 is 1.33 bits per heavy atom. The van der Waals surface area contributed by atoms with Gasteiger partial charge in [-0.25, -0.2) is 0 Å². The van der Waals surface area contributed by atoms with Gasteiger partial charge in [0.1, 0.15) is 0 Å². The number of rotatable bonds is 5. The zero-order valence-electron chi connectivity index (χ0n) is 14.5. The zero-order chi connectivity index (χ0) is 19.6. The van der Waals surface area contributed by atoms with E-state index in [0.29, 0.717) is 21.5 Å². The zero-order valence-corrected chi connectivity index (χ0v) is 16.1. The monoisotopic (exact) mass is 403 g/mol. The molecule has 2 aromatic carbocycles. The van der Waals surface area contributed by atoms with Gasteiger partial charge < -0.3 is 15.4 Å². The third kappa shape index (κ3) is 4.10. The Morgan fingerprint density at radius 3 is 2.78 bits per heavy atom. The number of fused-ring (bicyclic) bond motifs is 1. The van der Waals surface area contributed by atoms with Gasteiger partial charge in [0, 0.05) is 16.6 Å². The highest BCUT2D eigenvalue weighted by Crippen LogP contribution is 2.17. The van der Waals surface area contributed by atoms with E-state index < -0.39 is 0 Å². The second-order valence-electron chi connectivity index (χ2n) is 6.23. The number of H-pyrrole nitrogens is 1. The first-order chi connectivity index (χ1) is 12.9. The van der Waals surface area contributed by atoms with Crippen LogP contribution in [0.2, 0.25) is 5.02 Å². The first-order valence-corrected chi connectivity index (χ1v) is 9.11. The van der Waals surface area contributed by atoms with Gasteiger partial charge in [0.25, 0.3) is 11.5 Å². The van der Waals surface area contributed by atoms with Gasteiger partial charge in [-0.1, -0.05) is 29.8 Å². The average Bonchev–Trinajstić information content (AvgIpc) is 2.65. The number of hydrogen-bond donors (Lipinski definition) is 3. The van der Waals surface area contributed by atoms with Gasteiger partial charge in [-0.05, 0) is 49.0 Å². The molecule has 6 nitrogen and oxygen atoms in total. The third-order valence-corrected chi connectivity index (χ3v) is 4.87. The van der Waals surface area contributed by atoms with Crippen molar-refractivity contribution in [3.8, 4) is 0 Å². The van der Waals surface area contributed by atoms with Gasteiger partial charge in [0.2, 0.25) is 0 Å². The molecule has 0 aliphatic rings. The van der Waals surface area contributed by atoms with Gasteiger partial charge >= 0.3 is 0 Å². The predicted octanol–water partition coefficient (Wildman–Crippen LogP) is 2.87. The minimum Gasteiger partial charge on any atom is -0.394 e. The number of nitrogens with zero attached hydrogens (tertiary/aromatic N) is 1. The molecule has 3 rings (SSSR count). The smallest absolute Gasteiger partial charge is 0.262 e. The van der Waals surface area contributed by atoms with Crippen molar-refractivity contribution in [2.45, 2.75) is 19.5 Å². The Labute approximate surface area is 165 Å². The fourth-order valence-corrected chi connectivity index (χ4v) is 3.14. The van der Waals surface area contributed by atoms with Crippen LogP contribution in [-0.4, -0.2) is 33.2 Å². The molecule has 0 bridgehead atoms. The highest BCUT2D eigenvalue weighted by molar-refractivity contribution is 7.71. The molecule has 140 valence electrons. The molecule has 1 atom stereocenters. The summed E-state index contributed by atoms with van der Waals surface area (Å²) >= 11 is 11.5. The SMILES string of the molecule is CC(CO)NC(=O)c1ccc2c(=O)n(Cc3ccccc3Cl)c(=S)[nH]c2c1. The van der Waals surface area contributed by atoms with Crippen molar-refractivity contribution in [3.05, 3.63) is 73.7 Å². The van der Waals surface area contributed by atoms with Crippen LogP contribution in [0.5, 0.6) is 0 Å². The van der Waals surface area contributed by atoms with Crippen molar-refractivity contribution in [2.24, 2.45) is 0 Å². The van der Waals surface area contributed by atoms with E-state index in [0.717, 1.165) is 5.56 Å². The maximum Gasteiger partial charge on any atom is 0.262 e. The third-order valence-electron chi connectivity index (χ3n) is 4.18. The Hall–Kier alpha value is -2.48. The molecule has 0 saturated carbocycles. The number of aliphatic hydroxyl groups excluding tert-OH is 1. The molecular weight excluding hydrogens is 386 g/mol. The maximum absolute atomic E-state index is 12.9. The fourth-order valence-electron chi connectivity index (χ4n) is 2.69. The average molecular weight is 404 g/mol. The summed E-state index contributed by atoms with van der Waals surface area (Å²) in [6.07, 6.45) is 0. The standard InChI is InChI=1S/C19H18ClN3O3S/c1-11(10-24)21-17(25)12-6-7-14-16(8-12)22-19(27)23(18(14)26)9-13-4-2-3-5-15(13)20/h2-8,11,24H,9-10H2,1H3,(H,21,25)(H,22,27). The topological polar surface area (TPSA) is 87.1 Å². The Morgan fingerprint density at radius 2 is 2.07 bits per heavy atom. The highest BCUT2D eigenvalue weighted by atomic mass is 35.5. The van der Waals surface area contributed by atoms with E-state index in [1.165, 1.54) is 4.57 Å². The minimum absolute atomic E-state index is 0.158. The number of aliphatic hydroxyl groups is 1. The first kappa shape index (κ1) is 19.3. The lowest BCUT2D eigenvalue weighted by Gasteiger charge is -2.12. The minimum atomic E-state index is -0.365. The number of nitrogens with one attached hydrogen (secondary N) is 2. The largest absolute Gasteiger partial charge is 0.394 e. The van der Waals surface area contributed by atoms with Crippen LogP contribution in [0.25, 0.3) is 10.9 Å². The van der Waals surface area contributed by atoms with Crippen LogP contribution in [0.4, 0.5) is 0 Å². The van der Waals surface area contributed by atoms with E-state index in [1.54, 1.807) is 31.2 Å². The van der Waals surface area contributed by atoms with Gasteiger partial charge in [-0.3, -0.25) is 14.2 Å². The van der Waals surface area contributed by atoms with Gasteiger partial charge in [0.15, 0.2) is 4.77 Å². The summed E-state index contributed by atoms with van der Waals surface area (Å²) in [5, 5.41) is 12.7. The van der Waals surface area contributed by atoms with Crippen LogP contribution in [0.15, 0.2) is 47.3 Å². The lowest BCUT2D eigenvalue weighted by atomic mass is 10.1. The normalized spacial score (nSPS) is 12.1. The van der Waals surface area contributed by atoms with Crippen molar-refractivity contribution in [3.63, 3.8) is 0 Å². The highest BCUT2D eigenvalue weighted by Gasteiger charge is 2.13. The molecule has 3 aromatic rings. The van der Waals surface area contributed by atoms with Crippen LogP contribution in [0, 0.1) is 4.77 Å². The number of benzene rings is 2. The van der Waals surface area contributed by atoms with E-state index in [-0.39, 0.29) is 35.4 Å². The molecule has 0 saturated heterocycles. The molecule has 0 aliphatic heterocycles. The summed E-state index contributed by atoms with van der Waals surface area (Å²) in [5.74, 6) is -0.335. The van der Waals surface area contributed by atoms with Crippen molar-refractivity contribution >= 4 is 40.6 Å². The van der Waals surface area contributed by atoms with Crippen LogP contribution in [0.1, 0.15) is 22.8 Å². The Balaban J connectivity index is 2.02. The molecule has 0 fully saturated rings. The Bertz CT molecular complexity index is 1120. The quantitative estimate of drug-likeness (QED) is 0.572. The van der Waals surface area contributed by atoms with E-state index in [1.807, 2.05) is 18.2 Å². The van der Waals surface area contributed by atoms with Crippen LogP contribution in [-0.2, 0) is 6.54 Å². The predicted molar refractivity (Wildman–Crippen MR) is 108 cm³/mol. The lowest BCUT2D eigenvalue weighted by Crippen LogP contribution is -2.35. The molecule has 1 unspecified atom stereocenters. The summed E-state index contributed by atoms with van der Waals surface area (Å²) in [6, 6.07) is 11.6. The molecule has 8 heteroatoms. The van der Waals surface area contributed by atoms with Gasteiger partial charge in [-0.15, -0.1) is 0 Å². The molecule has 1 aromatic heterocycles. The number of amides is 1. The molecule has 1 heterocycles.